The largest absolute Gasteiger partial charge is 0.454 e. The van der Waals surface area contributed by atoms with E-state index in [1.165, 1.54) is 225 Å². The lowest BCUT2D eigenvalue weighted by Crippen LogP contribution is -2.61. The fraction of sp³-hybridized carbons (Fsp3) is 0.821. The van der Waals surface area contributed by atoms with Crippen LogP contribution in [0, 0.1) is 0 Å². The molecule has 0 spiro atoms. The first-order chi connectivity index (χ1) is 43.7. The van der Waals surface area contributed by atoms with Crippen molar-refractivity contribution in [1.82, 2.24) is 5.32 Å². The Balaban J connectivity index is 2.55. The molecule has 6 N–H and O–H groups in total. The fourth-order valence-electron chi connectivity index (χ4n) is 11.6. The first-order valence-corrected chi connectivity index (χ1v) is 37.7. The molecule has 8 atom stereocenters. The number of aliphatic hydroxyl groups excluding tert-OH is 5. The molecule has 1 fully saturated rings. The zero-order valence-electron chi connectivity index (χ0n) is 57.8. The normalized spacial score (nSPS) is 18.5. The van der Waals surface area contributed by atoms with Crippen LogP contribution in [0.1, 0.15) is 348 Å². The molecule has 0 aromatic rings. The Kier molecular flexibility index (Phi) is 61.6. The highest BCUT2D eigenvalue weighted by Crippen LogP contribution is 2.26. The molecule has 1 saturated heterocycles. The molecule has 1 aliphatic rings. The van der Waals surface area contributed by atoms with E-state index in [2.05, 4.69) is 86.8 Å². The second-order valence-corrected chi connectivity index (χ2v) is 26.0. The summed E-state index contributed by atoms with van der Waals surface area (Å²) in [6.07, 6.45) is 75.1. The van der Waals surface area contributed by atoms with Gasteiger partial charge in [-0.15, -0.1) is 0 Å². The number of amides is 1. The highest BCUT2D eigenvalue weighted by atomic mass is 16.7. The van der Waals surface area contributed by atoms with Gasteiger partial charge in [-0.05, 0) is 96.3 Å². The lowest BCUT2D eigenvalue weighted by molar-refractivity contribution is -0.305. The van der Waals surface area contributed by atoms with Crippen molar-refractivity contribution in [2.45, 2.75) is 397 Å². The molecule has 0 saturated carbocycles. The molecule has 1 heterocycles. The van der Waals surface area contributed by atoms with Gasteiger partial charge < -0.3 is 45.1 Å². The van der Waals surface area contributed by atoms with Gasteiger partial charge in [0.05, 0.1) is 25.4 Å². The SMILES string of the molecule is CCCCC/C=C\C/C=C\C/C=C\CCCCCCCCCCCCCCCC(O)C(=O)NC(COC1OC(CO)C(O)C(O)C1OC(=O)CCCCCCCCCCCCC/C=C\C/C=C\CCCCC)C(O)/C=C/CCCCCCCCCCCCC. The number of aliphatic hydroxyl groups is 5. The molecule has 1 rings (SSSR count). The predicted octanol–water partition coefficient (Wildman–Crippen LogP) is 19.9. The van der Waals surface area contributed by atoms with Gasteiger partial charge in [-0.3, -0.25) is 9.59 Å². The lowest BCUT2D eigenvalue weighted by atomic mass is 9.99. The standard InChI is InChI=1S/C78H141NO10/c1-4-7-10-13-16-19-22-25-27-29-31-33-34-35-36-37-39-40-42-44-47-50-53-56-59-62-65-71(82)77(86)79-69(70(81)64-61-58-55-52-49-46-24-21-18-15-12-9-6-3)68-87-78-76(75(85)74(84)72(67-80)88-78)89-73(83)66-63-60-57-54-51-48-45-43-41-38-32-30-28-26-23-20-17-14-11-8-5-2/h16-17,19-20,25-28,31,33,61,64,69-72,74-76,78,80-82,84-85H,4-15,18,21-24,29-30,32,34-60,62-63,65-68H2,1-3H3,(H,79,86)/b19-16-,20-17-,27-25-,28-26-,33-31-,64-61+. The van der Waals surface area contributed by atoms with Crippen LogP contribution in [0.25, 0.3) is 0 Å². The number of nitrogens with one attached hydrogen (secondary N) is 1. The monoisotopic (exact) mass is 1250 g/mol. The van der Waals surface area contributed by atoms with E-state index in [1.54, 1.807) is 6.08 Å². The van der Waals surface area contributed by atoms with Crippen molar-refractivity contribution in [2.75, 3.05) is 13.2 Å². The number of hydrogen-bond donors (Lipinski definition) is 6. The van der Waals surface area contributed by atoms with Crippen LogP contribution < -0.4 is 5.32 Å². The summed E-state index contributed by atoms with van der Waals surface area (Å²) >= 11 is 0. The summed E-state index contributed by atoms with van der Waals surface area (Å²) in [5, 5.41) is 57.4. The molecule has 0 radical (unpaired) electrons. The second kappa shape index (κ2) is 65.2. The summed E-state index contributed by atoms with van der Waals surface area (Å²) in [6.45, 7) is 5.79. The summed E-state index contributed by atoms with van der Waals surface area (Å²) in [5.74, 6) is -1.19. The highest BCUT2D eigenvalue weighted by molar-refractivity contribution is 5.80. The molecule has 1 amide bonds. The van der Waals surface area contributed by atoms with Crippen molar-refractivity contribution in [3.8, 4) is 0 Å². The van der Waals surface area contributed by atoms with Crippen LogP contribution in [0.3, 0.4) is 0 Å². The van der Waals surface area contributed by atoms with E-state index in [1.807, 2.05) is 6.08 Å². The molecule has 0 aromatic carbocycles. The van der Waals surface area contributed by atoms with Gasteiger partial charge >= 0.3 is 5.97 Å². The van der Waals surface area contributed by atoms with Crippen molar-refractivity contribution in [3.05, 3.63) is 72.9 Å². The first-order valence-electron chi connectivity index (χ1n) is 37.7. The minimum Gasteiger partial charge on any atom is -0.454 e. The third-order valence-electron chi connectivity index (χ3n) is 17.6. The van der Waals surface area contributed by atoms with Crippen LogP contribution >= 0.6 is 0 Å². The van der Waals surface area contributed by atoms with Gasteiger partial charge in [0, 0.05) is 6.42 Å². The van der Waals surface area contributed by atoms with Crippen molar-refractivity contribution in [1.29, 1.82) is 0 Å². The Morgan fingerprint density at radius 1 is 0.438 bits per heavy atom. The van der Waals surface area contributed by atoms with Crippen LogP contribution in [0.2, 0.25) is 0 Å². The number of ether oxygens (including phenoxy) is 3. The van der Waals surface area contributed by atoms with E-state index in [-0.39, 0.29) is 19.4 Å². The Labute approximate surface area is 547 Å². The fourth-order valence-corrected chi connectivity index (χ4v) is 11.6. The summed E-state index contributed by atoms with van der Waals surface area (Å²) in [7, 11) is 0. The number of esters is 1. The van der Waals surface area contributed by atoms with Crippen molar-refractivity contribution < 1.29 is 49.3 Å². The van der Waals surface area contributed by atoms with Gasteiger partial charge in [-0.25, -0.2) is 0 Å². The number of allylic oxidation sites excluding steroid dienone is 11. The molecule has 89 heavy (non-hydrogen) atoms. The Morgan fingerprint density at radius 3 is 1.18 bits per heavy atom. The molecule has 8 unspecified atom stereocenters. The third kappa shape index (κ3) is 52.2. The summed E-state index contributed by atoms with van der Waals surface area (Å²) < 4.78 is 17.7. The molecule has 0 bridgehead atoms. The molecular formula is C78H141NO10. The Bertz CT molecular complexity index is 1730. The topological polar surface area (TPSA) is 175 Å². The summed E-state index contributed by atoms with van der Waals surface area (Å²) in [5.41, 5.74) is 0. The van der Waals surface area contributed by atoms with E-state index < -0.39 is 67.4 Å². The quantitative estimate of drug-likeness (QED) is 0.0195. The molecule has 11 nitrogen and oxygen atoms in total. The zero-order valence-corrected chi connectivity index (χ0v) is 57.8. The molecule has 518 valence electrons. The van der Waals surface area contributed by atoms with Gasteiger partial charge in [-0.1, -0.05) is 318 Å². The Hall–Kier alpha value is -2.90. The highest BCUT2D eigenvalue weighted by Gasteiger charge is 2.47. The smallest absolute Gasteiger partial charge is 0.306 e. The van der Waals surface area contributed by atoms with Crippen LogP contribution in [-0.2, 0) is 23.8 Å². The lowest BCUT2D eigenvalue weighted by Gasteiger charge is -2.41. The van der Waals surface area contributed by atoms with Crippen LogP contribution in [0.4, 0.5) is 0 Å². The third-order valence-corrected chi connectivity index (χ3v) is 17.6. The average Bonchev–Trinajstić information content (AvgIpc) is 3.11. The van der Waals surface area contributed by atoms with Crippen LogP contribution in [-0.4, -0.2) is 99.6 Å². The molecular weight excluding hydrogens is 1110 g/mol. The van der Waals surface area contributed by atoms with Crippen molar-refractivity contribution in [2.24, 2.45) is 0 Å². The van der Waals surface area contributed by atoms with Crippen LogP contribution in [0.15, 0.2) is 72.9 Å². The minimum atomic E-state index is -1.62. The molecule has 0 aromatic heterocycles. The molecule has 1 aliphatic heterocycles. The van der Waals surface area contributed by atoms with Crippen molar-refractivity contribution >= 4 is 11.9 Å². The van der Waals surface area contributed by atoms with Crippen LogP contribution in [0.5, 0.6) is 0 Å². The van der Waals surface area contributed by atoms with Crippen molar-refractivity contribution in [3.63, 3.8) is 0 Å². The number of carbonyl (C=O) groups is 2. The van der Waals surface area contributed by atoms with Gasteiger partial charge in [-0.2, -0.15) is 0 Å². The number of rotatable bonds is 65. The first kappa shape index (κ1) is 84.1. The van der Waals surface area contributed by atoms with Gasteiger partial charge in [0.15, 0.2) is 12.4 Å². The van der Waals surface area contributed by atoms with E-state index in [0.717, 1.165) is 77.0 Å². The second-order valence-electron chi connectivity index (χ2n) is 26.0. The maximum Gasteiger partial charge on any atom is 0.306 e. The van der Waals surface area contributed by atoms with Gasteiger partial charge in [0.1, 0.15) is 24.4 Å². The maximum absolute atomic E-state index is 13.5. The number of hydrogen-bond acceptors (Lipinski definition) is 10. The number of carbonyl (C=O) groups excluding carboxylic acids is 2. The van der Waals surface area contributed by atoms with Gasteiger partial charge in [0.25, 0.3) is 0 Å². The summed E-state index contributed by atoms with van der Waals surface area (Å²) in [4.78, 5) is 26.7. The average molecular weight is 1250 g/mol. The minimum absolute atomic E-state index is 0.121. The van der Waals surface area contributed by atoms with E-state index in [0.29, 0.717) is 12.8 Å². The predicted molar refractivity (Wildman–Crippen MR) is 375 cm³/mol. The van der Waals surface area contributed by atoms with E-state index >= 15 is 0 Å². The maximum atomic E-state index is 13.5. The van der Waals surface area contributed by atoms with E-state index in [4.69, 9.17) is 14.2 Å². The molecule has 0 aliphatic carbocycles. The van der Waals surface area contributed by atoms with Gasteiger partial charge in [0.2, 0.25) is 5.91 Å². The Morgan fingerprint density at radius 2 is 0.775 bits per heavy atom. The summed E-state index contributed by atoms with van der Waals surface area (Å²) in [6, 6.07) is -1.03. The zero-order chi connectivity index (χ0) is 64.6. The van der Waals surface area contributed by atoms with E-state index in [9.17, 15) is 35.1 Å². The molecule has 11 heteroatoms. The number of unbranched alkanes of at least 4 members (excludes halogenated alkanes) is 41.